The first-order valence-corrected chi connectivity index (χ1v) is 6.36. The number of hydrogen-bond donors (Lipinski definition) is 1. The zero-order valence-corrected chi connectivity index (χ0v) is 10.5. The van der Waals surface area contributed by atoms with Crippen LogP contribution in [0.4, 0.5) is 10.1 Å². The van der Waals surface area contributed by atoms with Crippen molar-refractivity contribution in [2.24, 2.45) is 0 Å². The van der Waals surface area contributed by atoms with Gasteiger partial charge in [0.05, 0.1) is 18.1 Å². The summed E-state index contributed by atoms with van der Waals surface area (Å²) in [6.45, 7) is 3.91. The third kappa shape index (κ3) is 2.71. The van der Waals surface area contributed by atoms with Gasteiger partial charge in [-0.25, -0.2) is 14.4 Å². The van der Waals surface area contributed by atoms with E-state index in [4.69, 9.17) is 0 Å². The lowest BCUT2D eigenvalue weighted by Crippen LogP contribution is -2.43. The maximum Gasteiger partial charge on any atom is 0.159 e. The van der Waals surface area contributed by atoms with Crippen molar-refractivity contribution in [3.05, 3.63) is 42.5 Å². The van der Waals surface area contributed by atoms with E-state index in [0.29, 0.717) is 5.82 Å². The Morgan fingerprint density at radius 3 is 2.26 bits per heavy atom. The summed E-state index contributed by atoms with van der Waals surface area (Å²) in [5.41, 5.74) is 1.86. The summed E-state index contributed by atoms with van der Waals surface area (Å²) in [7, 11) is 0. The van der Waals surface area contributed by atoms with E-state index in [0.717, 1.165) is 37.4 Å². The van der Waals surface area contributed by atoms with Gasteiger partial charge in [0.15, 0.2) is 5.82 Å². The molecular weight excluding hydrogens is 243 g/mol. The minimum absolute atomic E-state index is 0.249. The Bertz CT molecular complexity index is 532. The first-order chi connectivity index (χ1) is 9.33. The molecule has 1 N–H and O–H groups in total. The number of anilines is 1. The summed E-state index contributed by atoms with van der Waals surface area (Å²) in [4.78, 5) is 11.0. The van der Waals surface area contributed by atoms with Crippen LogP contribution in [0.5, 0.6) is 0 Å². The number of nitrogens with one attached hydrogen (secondary N) is 1. The van der Waals surface area contributed by atoms with Gasteiger partial charge in [-0.15, -0.1) is 0 Å². The predicted molar refractivity (Wildman–Crippen MR) is 72.5 cm³/mol. The topological polar surface area (TPSA) is 41.1 Å². The van der Waals surface area contributed by atoms with Crippen LogP contribution in [-0.2, 0) is 0 Å². The summed E-state index contributed by atoms with van der Waals surface area (Å²) in [5.74, 6) is 0.375. The fraction of sp³-hybridized carbons (Fsp3) is 0.286. The molecule has 0 bridgehead atoms. The van der Waals surface area contributed by atoms with Crippen LogP contribution in [0, 0.1) is 5.82 Å². The minimum atomic E-state index is -0.249. The molecule has 19 heavy (non-hydrogen) atoms. The molecule has 1 aliphatic rings. The maximum absolute atomic E-state index is 12.9. The molecule has 0 spiro atoms. The van der Waals surface area contributed by atoms with E-state index in [9.17, 15) is 4.39 Å². The molecule has 0 aliphatic carbocycles. The van der Waals surface area contributed by atoms with Gasteiger partial charge in [-0.2, -0.15) is 0 Å². The summed E-state index contributed by atoms with van der Waals surface area (Å²) in [6.07, 6.45) is 3.66. The molecule has 2 heterocycles. The van der Waals surface area contributed by atoms with Crippen LogP contribution < -0.4 is 10.2 Å². The van der Waals surface area contributed by atoms with Crippen molar-refractivity contribution in [3.63, 3.8) is 0 Å². The molecule has 2 aromatic rings. The minimum Gasteiger partial charge on any atom is -0.366 e. The molecule has 1 saturated heterocycles. The number of aromatic nitrogens is 2. The number of rotatable bonds is 2. The number of nitrogens with zero attached hydrogens (tertiary/aromatic N) is 3. The third-order valence-corrected chi connectivity index (χ3v) is 3.22. The lowest BCUT2D eigenvalue weighted by atomic mass is 10.2. The third-order valence-electron chi connectivity index (χ3n) is 3.22. The average molecular weight is 258 g/mol. The highest BCUT2D eigenvalue weighted by Crippen LogP contribution is 2.18. The number of benzene rings is 1. The zero-order chi connectivity index (χ0) is 13.1. The maximum atomic E-state index is 12.9. The van der Waals surface area contributed by atoms with E-state index < -0.39 is 0 Å². The van der Waals surface area contributed by atoms with Crippen LogP contribution >= 0.6 is 0 Å². The molecule has 1 aliphatic heterocycles. The summed E-state index contributed by atoms with van der Waals surface area (Å²) < 4.78 is 12.9. The van der Waals surface area contributed by atoms with Crippen LogP contribution in [0.15, 0.2) is 36.7 Å². The molecule has 1 fully saturated rings. The van der Waals surface area contributed by atoms with Crippen LogP contribution in [0.3, 0.4) is 0 Å². The summed E-state index contributed by atoms with van der Waals surface area (Å²) in [5, 5.41) is 3.31. The number of hydrogen-bond acceptors (Lipinski definition) is 4. The normalized spacial score (nSPS) is 15.5. The van der Waals surface area contributed by atoms with Crippen molar-refractivity contribution in [2.75, 3.05) is 31.1 Å². The first kappa shape index (κ1) is 12.0. The Morgan fingerprint density at radius 1 is 1.00 bits per heavy atom. The lowest BCUT2D eigenvalue weighted by molar-refractivity contribution is 0.588. The van der Waals surface area contributed by atoms with Gasteiger partial charge in [0.25, 0.3) is 0 Å². The van der Waals surface area contributed by atoms with E-state index >= 15 is 0 Å². The van der Waals surface area contributed by atoms with Gasteiger partial charge in [-0.3, -0.25) is 0 Å². The van der Waals surface area contributed by atoms with Gasteiger partial charge < -0.3 is 10.2 Å². The Kier molecular flexibility index (Phi) is 3.37. The summed E-state index contributed by atoms with van der Waals surface area (Å²) >= 11 is 0. The van der Waals surface area contributed by atoms with Crippen LogP contribution in [0.25, 0.3) is 11.4 Å². The van der Waals surface area contributed by atoms with Gasteiger partial charge in [-0.05, 0) is 24.3 Å². The van der Waals surface area contributed by atoms with E-state index in [2.05, 4.69) is 20.2 Å². The quantitative estimate of drug-likeness (QED) is 0.890. The van der Waals surface area contributed by atoms with Gasteiger partial charge in [0.1, 0.15) is 5.82 Å². The highest BCUT2D eigenvalue weighted by atomic mass is 19.1. The van der Waals surface area contributed by atoms with Crippen molar-refractivity contribution < 1.29 is 4.39 Å². The lowest BCUT2D eigenvalue weighted by Gasteiger charge is -2.28. The molecule has 1 aromatic carbocycles. The fourth-order valence-corrected chi connectivity index (χ4v) is 2.16. The Labute approximate surface area is 111 Å². The standard InChI is InChI=1S/C14H15FN4/c15-12-3-1-11(2-4-12)14-17-9-13(10-18-14)19-7-5-16-6-8-19/h1-4,9-10,16H,5-8H2. The molecule has 0 amide bonds. The van der Waals surface area contributed by atoms with Crippen molar-refractivity contribution in [1.29, 1.82) is 0 Å². The molecule has 0 saturated carbocycles. The van der Waals surface area contributed by atoms with Gasteiger partial charge in [0.2, 0.25) is 0 Å². The van der Waals surface area contributed by atoms with Gasteiger partial charge in [0, 0.05) is 31.7 Å². The monoisotopic (exact) mass is 258 g/mol. The van der Waals surface area contributed by atoms with E-state index in [1.807, 2.05) is 12.4 Å². The van der Waals surface area contributed by atoms with Crippen LogP contribution in [0.2, 0.25) is 0 Å². The smallest absolute Gasteiger partial charge is 0.159 e. The number of piperazine rings is 1. The molecule has 4 nitrogen and oxygen atoms in total. The fourth-order valence-electron chi connectivity index (χ4n) is 2.16. The Hall–Kier alpha value is -2.01. The molecule has 0 radical (unpaired) electrons. The second-order valence-corrected chi connectivity index (χ2v) is 4.51. The Balaban J connectivity index is 1.80. The van der Waals surface area contributed by atoms with Gasteiger partial charge >= 0.3 is 0 Å². The first-order valence-electron chi connectivity index (χ1n) is 6.36. The molecule has 1 aromatic heterocycles. The Morgan fingerprint density at radius 2 is 1.63 bits per heavy atom. The second kappa shape index (κ2) is 5.32. The molecule has 5 heteroatoms. The average Bonchev–Trinajstić information content (AvgIpc) is 2.49. The predicted octanol–water partition coefficient (Wildman–Crippen LogP) is 1.69. The highest BCUT2D eigenvalue weighted by molar-refractivity contribution is 5.56. The molecule has 0 atom stereocenters. The molecular formula is C14H15FN4. The van der Waals surface area contributed by atoms with Crippen LogP contribution in [0.1, 0.15) is 0 Å². The molecule has 0 unspecified atom stereocenters. The number of halogens is 1. The summed E-state index contributed by atoms with van der Waals surface area (Å²) in [6, 6.07) is 6.22. The van der Waals surface area contributed by atoms with Crippen molar-refractivity contribution in [1.82, 2.24) is 15.3 Å². The largest absolute Gasteiger partial charge is 0.366 e. The molecule has 3 rings (SSSR count). The van der Waals surface area contributed by atoms with Gasteiger partial charge in [-0.1, -0.05) is 0 Å². The van der Waals surface area contributed by atoms with Crippen molar-refractivity contribution >= 4 is 5.69 Å². The van der Waals surface area contributed by atoms with E-state index in [1.165, 1.54) is 12.1 Å². The van der Waals surface area contributed by atoms with Crippen LogP contribution in [-0.4, -0.2) is 36.1 Å². The highest BCUT2D eigenvalue weighted by Gasteiger charge is 2.11. The SMILES string of the molecule is Fc1ccc(-c2ncc(N3CCNCC3)cn2)cc1. The zero-order valence-electron chi connectivity index (χ0n) is 10.5. The molecule has 98 valence electrons. The van der Waals surface area contributed by atoms with E-state index in [-0.39, 0.29) is 5.82 Å². The van der Waals surface area contributed by atoms with Crippen molar-refractivity contribution in [3.8, 4) is 11.4 Å². The second-order valence-electron chi connectivity index (χ2n) is 4.51. The van der Waals surface area contributed by atoms with E-state index in [1.54, 1.807) is 12.1 Å². The van der Waals surface area contributed by atoms with Crippen molar-refractivity contribution in [2.45, 2.75) is 0 Å².